The first-order valence-corrected chi connectivity index (χ1v) is 6.84. The highest BCUT2D eigenvalue weighted by molar-refractivity contribution is 5.53. The van der Waals surface area contributed by atoms with Crippen molar-refractivity contribution >= 4 is 0 Å². The zero-order chi connectivity index (χ0) is 13.0. The molecule has 96 valence electrons. The molecule has 2 N–H and O–H groups in total. The molecule has 2 heteroatoms. The average Bonchev–Trinajstić information content (AvgIpc) is 2.62. The molecule has 0 unspecified atom stereocenters. The molecule has 19 heavy (non-hydrogen) atoms. The second kappa shape index (κ2) is 3.69. The van der Waals surface area contributed by atoms with Crippen LogP contribution in [0.15, 0.2) is 48.5 Å². The van der Waals surface area contributed by atoms with Crippen molar-refractivity contribution in [3.63, 3.8) is 0 Å². The van der Waals surface area contributed by atoms with Crippen molar-refractivity contribution in [3.8, 4) is 0 Å². The minimum Gasteiger partial charge on any atom is -0.388 e. The summed E-state index contributed by atoms with van der Waals surface area (Å²) < 4.78 is 0. The Morgan fingerprint density at radius 1 is 1.00 bits per heavy atom. The van der Waals surface area contributed by atoms with Crippen LogP contribution in [0.5, 0.6) is 0 Å². The van der Waals surface area contributed by atoms with E-state index in [2.05, 4.69) is 54.7 Å². The molecule has 1 aliphatic carbocycles. The van der Waals surface area contributed by atoms with Crippen molar-refractivity contribution in [3.05, 3.63) is 70.8 Å². The smallest absolute Gasteiger partial charge is 0.0874 e. The quantitative estimate of drug-likeness (QED) is 0.754. The monoisotopic (exact) mass is 251 g/mol. The molecule has 2 bridgehead atoms. The molecule has 5 rings (SSSR count). The van der Waals surface area contributed by atoms with E-state index in [4.69, 9.17) is 0 Å². The van der Waals surface area contributed by atoms with Gasteiger partial charge in [-0.1, -0.05) is 48.5 Å². The Labute approximate surface area is 113 Å². The van der Waals surface area contributed by atoms with Crippen LogP contribution < -0.4 is 5.32 Å². The van der Waals surface area contributed by atoms with Crippen LogP contribution >= 0.6 is 0 Å². The molecule has 0 saturated carbocycles. The van der Waals surface area contributed by atoms with E-state index in [1.807, 2.05) is 6.07 Å². The van der Waals surface area contributed by atoms with E-state index >= 15 is 0 Å². The van der Waals surface area contributed by atoms with Gasteiger partial charge in [0.1, 0.15) is 0 Å². The van der Waals surface area contributed by atoms with Gasteiger partial charge in [-0.05, 0) is 29.2 Å². The first-order chi connectivity index (χ1) is 9.22. The summed E-state index contributed by atoms with van der Waals surface area (Å²) in [4.78, 5) is 0. The third-order valence-electron chi connectivity index (χ3n) is 4.77. The largest absolute Gasteiger partial charge is 0.388 e. The predicted octanol–water partition coefficient (Wildman–Crippen LogP) is 2.68. The number of rotatable bonds is 0. The van der Waals surface area contributed by atoms with Crippen LogP contribution in [0.25, 0.3) is 0 Å². The van der Waals surface area contributed by atoms with Gasteiger partial charge in [-0.25, -0.2) is 0 Å². The van der Waals surface area contributed by atoms with Gasteiger partial charge in [-0.3, -0.25) is 0 Å². The maximum Gasteiger partial charge on any atom is 0.0874 e. The molecule has 2 nitrogen and oxygen atoms in total. The van der Waals surface area contributed by atoms with Crippen molar-refractivity contribution in [2.75, 3.05) is 6.54 Å². The normalized spacial score (nSPS) is 31.5. The van der Waals surface area contributed by atoms with E-state index in [-0.39, 0.29) is 11.5 Å². The van der Waals surface area contributed by atoms with Crippen LogP contribution in [0, 0.1) is 0 Å². The summed E-state index contributed by atoms with van der Waals surface area (Å²) in [5.74, 6) is 0.146. The lowest BCUT2D eigenvalue weighted by atomic mass is 9.78. The lowest BCUT2D eigenvalue weighted by Crippen LogP contribution is -2.46. The second-order valence-corrected chi connectivity index (χ2v) is 5.73. The fourth-order valence-electron chi connectivity index (χ4n) is 3.74. The maximum absolute atomic E-state index is 10.7. The predicted molar refractivity (Wildman–Crippen MR) is 75.0 cm³/mol. The Balaban J connectivity index is 2.10. The molecular formula is C17H17NO. The molecule has 2 aromatic rings. The molecule has 2 heterocycles. The summed E-state index contributed by atoms with van der Waals surface area (Å²) >= 11 is 0. The average molecular weight is 251 g/mol. The van der Waals surface area contributed by atoms with E-state index in [1.165, 1.54) is 16.7 Å². The molecule has 3 aliphatic rings. The topological polar surface area (TPSA) is 32.3 Å². The molecule has 0 spiro atoms. The minimum absolute atomic E-state index is 0.146. The van der Waals surface area contributed by atoms with Gasteiger partial charge in [-0.15, -0.1) is 0 Å². The van der Waals surface area contributed by atoms with Gasteiger partial charge in [0, 0.05) is 12.5 Å². The fraction of sp³-hybridized carbons (Fsp3) is 0.294. The standard InChI is InChI=1S/C17H17NO/c1-17-14-8-4-2-6-11(14)13(10-18-17)16(19)12-7-3-5-9-15(12)17/h2-9,13,16,18-19H,10H2,1H3/t13-,16+,17+/m0/s1. The number of nitrogens with one attached hydrogen (secondary N) is 1. The van der Waals surface area contributed by atoms with E-state index < -0.39 is 6.10 Å². The molecule has 0 fully saturated rings. The zero-order valence-electron chi connectivity index (χ0n) is 10.9. The Bertz CT molecular complexity index is 645. The summed E-state index contributed by atoms with van der Waals surface area (Å²) in [5.41, 5.74) is 4.66. The van der Waals surface area contributed by atoms with Gasteiger partial charge in [0.15, 0.2) is 0 Å². The highest BCUT2D eigenvalue weighted by Gasteiger charge is 2.45. The van der Waals surface area contributed by atoms with Gasteiger partial charge >= 0.3 is 0 Å². The van der Waals surface area contributed by atoms with Crippen LogP contribution in [-0.2, 0) is 5.54 Å². The third-order valence-corrected chi connectivity index (χ3v) is 4.77. The summed E-state index contributed by atoms with van der Waals surface area (Å²) in [6.07, 6.45) is -0.422. The summed E-state index contributed by atoms with van der Waals surface area (Å²) in [5, 5.41) is 14.4. The van der Waals surface area contributed by atoms with Crippen molar-refractivity contribution in [2.45, 2.75) is 24.5 Å². The molecule has 0 aromatic heterocycles. The minimum atomic E-state index is -0.422. The number of aliphatic hydroxyl groups is 1. The van der Waals surface area contributed by atoms with Crippen LogP contribution in [0.2, 0.25) is 0 Å². The Morgan fingerprint density at radius 2 is 1.58 bits per heavy atom. The first kappa shape index (κ1) is 11.2. The zero-order valence-corrected chi connectivity index (χ0v) is 10.9. The number of fused-ring (bicyclic) bond motifs is 1. The van der Waals surface area contributed by atoms with E-state index in [0.717, 1.165) is 12.1 Å². The lowest BCUT2D eigenvalue weighted by Gasteiger charge is -2.38. The van der Waals surface area contributed by atoms with E-state index in [9.17, 15) is 5.11 Å². The number of aliphatic hydroxyl groups excluding tert-OH is 1. The van der Waals surface area contributed by atoms with Crippen molar-refractivity contribution < 1.29 is 5.11 Å². The Morgan fingerprint density at radius 3 is 2.32 bits per heavy atom. The maximum atomic E-state index is 10.7. The Kier molecular flexibility index (Phi) is 2.17. The van der Waals surface area contributed by atoms with Gasteiger partial charge < -0.3 is 10.4 Å². The van der Waals surface area contributed by atoms with Crippen molar-refractivity contribution in [1.29, 1.82) is 0 Å². The van der Waals surface area contributed by atoms with Crippen LogP contribution in [0.1, 0.15) is 41.2 Å². The van der Waals surface area contributed by atoms with E-state index in [1.54, 1.807) is 0 Å². The molecule has 3 atom stereocenters. The highest BCUT2D eigenvalue weighted by atomic mass is 16.3. The SMILES string of the molecule is C[C@@]12NC[C@@H](c3ccccc31)[C@H](O)c1ccccc12. The summed E-state index contributed by atoms with van der Waals surface area (Å²) in [6.45, 7) is 3.04. The molecule has 2 aliphatic heterocycles. The molecule has 0 saturated heterocycles. The lowest BCUT2D eigenvalue weighted by molar-refractivity contribution is 0.143. The van der Waals surface area contributed by atoms with Crippen molar-refractivity contribution in [2.24, 2.45) is 0 Å². The summed E-state index contributed by atoms with van der Waals surface area (Å²) in [7, 11) is 0. The number of benzene rings is 2. The Hall–Kier alpha value is -1.64. The van der Waals surface area contributed by atoms with Gasteiger partial charge in [-0.2, -0.15) is 0 Å². The number of hydrogen-bond donors (Lipinski definition) is 2. The van der Waals surface area contributed by atoms with Gasteiger partial charge in [0.2, 0.25) is 0 Å². The van der Waals surface area contributed by atoms with Gasteiger partial charge in [0.05, 0.1) is 11.6 Å². The first-order valence-electron chi connectivity index (χ1n) is 6.84. The molecule has 0 radical (unpaired) electrons. The molecular weight excluding hydrogens is 234 g/mol. The van der Waals surface area contributed by atoms with Gasteiger partial charge in [0.25, 0.3) is 0 Å². The third kappa shape index (κ3) is 1.33. The van der Waals surface area contributed by atoms with E-state index in [0.29, 0.717) is 0 Å². The van der Waals surface area contributed by atoms with Crippen LogP contribution in [0.4, 0.5) is 0 Å². The second-order valence-electron chi connectivity index (χ2n) is 5.73. The van der Waals surface area contributed by atoms with Crippen LogP contribution in [-0.4, -0.2) is 11.7 Å². The fourth-order valence-corrected chi connectivity index (χ4v) is 3.74. The summed E-state index contributed by atoms with van der Waals surface area (Å²) in [6, 6.07) is 16.8. The highest BCUT2D eigenvalue weighted by Crippen LogP contribution is 2.49. The molecule has 0 amide bonds. The number of hydrogen-bond acceptors (Lipinski definition) is 2. The van der Waals surface area contributed by atoms with Crippen molar-refractivity contribution in [1.82, 2.24) is 5.32 Å². The molecule has 2 aromatic carbocycles. The van der Waals surface area contributed by atoms with Crippen LogP contribution in [0.3, 0.4) is 0 Å².